The number of piperazine rings is 1. The molecule has 1 saturated heterocycles. The molecule has 3 heterocycles. The van der Waals surface area contributed by atoms with Gasteiger partial charge in [0, 0.05) is 49.2 Å². The van der Waals surface area contributed by atoms with Gasteiger partial charge in [-0.05, 0) is 26.0 Å². The Balaban J connectivity index is 1.71. The van der Waals surface area contributed by atoms with Crippen LogP contribution in [0.3, 0.4) is 0 Å². The molecule has 0 bridgehead atoms. The zero-order valence-electron chi connectivity index (χ0n) is 15.2. The van der Waals surface area contributed by atoms with E-state index >= 15 is 0 Å². The summed E-state index contributed by atoms with van der Waals surface area (Å²) < 4.78 is 0. The van der Waals surface area contributed by atoms with Crippen LogP contribution in [0.5, 0.6) is 0 Å². The maximum absolute atomic E-state index is 4.76. The zero-order valence-corrected chi connectivity index (χ0v) is 15.2. The van der Waals surface area contributed by atoms with E-state index in [9.17, 15) is 0 Å². The van der Waals surface area contributed by atoms with Gasteiger partial charge in [-0.15, -0.1) is 0 Å². The predicted molar refractivity (Wildman–Crippen MR) is 96.7 cm³/mol. The SMILES string of the molecule is Cc1cc(C)nc(N2CCN(c3ccnc(C(C)(C)C)n3)CC2)n1. The maximum Gasteiger partial charge on any atom is 0.225 e. The molecule has 1 aliphatic heterocycles. The number of anilines is 2. The average Bonchev–Trinajstić information content (AvgIpc) is 2.53. The Morgan fingerprint density at radius 3 is 2.04 bits per heavy atom. The number of hydrogen-bond acceptors (Lipinski definition) is 6. The lowest BCUT2D eigenvalue weighted by atomic mass is 9.96. The van der Waals surface area contributed by atoms with E-state index in [-0.39, 0.29) is 5.41 Å². The molecule has 1 fully saturated rings. The summed E-state index contributed by atoms with van der Waals surface area (Å²) in [4.78, 5) is 22.9. The molecule has 0 spiro atoms. The van der Waals surface area contributed by atoms with Gasteiger partial charge in [0.2, 0.25) is 5.95 Å². The summed E-state index contributed by atoms with van der Waals surface area (Å²) in [5.41, 5.74) is 2.00. The lowest BCUT2D eigenvalue weighted by molar-refractivity contribution is 0.541. The van der Waals surface area contributed by atoms with Crippen LogP contribution in [-0.4, -0.2) is 46.1 Å². The zero-order chi connectivity index (χ0) is 17.3. The van der Waals surface area contributed by atoms with Crippen molar-refractivity contribution in [3.8, 4) is 0 Å². The molecule has 0 unspecified atom stereocenters. The van der Waals surface area contributed by atoms with Crippen LogP contribution in [0.25, 0.3) is 0 Å². The Labute approximate surface area is 144 Å². The first-order chi connectivity index (χ1) is 11.3. The van der Waals surface area contributed by atoms with Crippen molar-refractivity contribution in [2.24, 2.45) is 0 Å². The molecule has 0 saturated carbocycles. The standard InChI is InChI=1S/C18H26N6/c1-13-12-14(2)21-17(20-13)24-10-8-23(9-11-24)15-6-7-19-16(22-15)18(3,4)5/h6-7,12H,8-11H2,1-5H3. The second kappa shape index (κ2) is 6.34. The summed E-state index contributed by atoms with van der Waals surface area (Å²) in [7, 11) is 0. The van der Waals surface area contributed by atoms with Gasteiger partial charge in [-0.3, -0.25) is 0 Å². The third-order valence-corrected chi connectivity index (χ3v) is 4.17. The summed E-state index contributed by atoms with van der Waals surface area (Å²) in [5.74, 6) is 2.74. The highest BCUT2D eigenvalue weighted by Gasteiger charge is 2.23. The molecule has 0 atom stereocenters. The van der Waals surface area contributed by atoms with Gasteiger partial charge in [-0.25, -0.2) is 19.9 Å². The van der Waals surface area contributed by atoms with Gasteiger partial charge < -0.3 is 9.80 Å². The van der Waals surface area contributed by atoms with Crippen LogP contribution in [0.4, 0.5) is 11.8 Å². The molecular weight excluding hydrogens is 300 g/mol. The molecule has 2 aromatic heterocycles. The highest BCUT2D eigenvalue weighted by molar-refractivity contribution is 5.42. The smallest absolute Gasteiger partial charge is 0.225 e. The van der Waals surface area contributed by atoms with E-state index in [1.807, 2.05) is 32.2 Å². The molecule has 6 nitrogen and oxygen atoms in total. The fraction of sp³-hybridized carbons (Fsp3) is 0.556. The van der Waals surface area contributed by atoms with Crippen LogP contribution >= 0.6 is 0 Å². The molecule has 0 aromatic carbocycles. The number of aromatic nitrogens is 4. The monoisotopic (exact) mass is 326 g/mol. The summed E-state index contributed by atoms with van der Waals surface area (Å²) >= 11 is 0. The van der Waals surface area contributed by atoms with Gasteiger partial charge in [-0.1, -0.05) is 20.8 Å². The van der Waals surface area contributed by atoms with Gasteiger partial charge in [-0.2, -0.15) is 0 Å². The van der Waals surface area contributed by atoms with Crippen LogP contribution in [-0.2, 0) is 5.41 Å². The van der Waals surface area contributed by atoms with E-state index in [0.717, 1.165) is 55.2 Å². The minimum absolute atomic E-state index is 0.0369. The van der Waals surface area contributed by atoms with Crippen molar-refractivity contribution < 1.29 is 0 Å². The number of nitrogens with zero attached hydrogens (tertiary/aromatic N) is 6. The fourth-order valence-electron chi connectivity index (χ4n) is 2.87. The second-order valence-electron chi connectivity index (χ2n) is 7.41. The highest BCUT2D eigenvalue weighted by Crippen LogP contribution is 2.22. The number of aryl methyl sites for hydroxylation is 2. The molecule has 24 heavy (non-hydrogen) atoms. The molecule has 128 valence electrons. The Kier molecular flexibility index (Phi) is 4.39. The Hall–Kier alpha value is -2.24. The van der Waals surface area contributed by atoms with Crippen molar-refractivity contribution in [1.29, 1.82) is 0 Å². The largest absolute Gasteiger partial charge is 0.353 e. The van der Waals surface area contributed by atoms with Gasteiger partial charge in [0.05, 0.1) is 0 Å². The first kappa shape index (κ1) is 16.6. The van der Waals surface area contributed by atoms with Crippen molar-refractivity contribution in [2.75, 3.05) is 36.0 Å². The predicted octanol–water partition coefficient (Wildman–Crippen LogP) is 2.51. The Morgan fingerprint density at radius 1 is 0.875 bits per heavy atom. The summed E-state index contributed by atoms with van der Waals surface area (Å²) in [6, 6.07) is 4.01. The first-order valence-electron chi connectivity index (χ1n) is 8.48. The van der Waals surface area contributed by atoms with Crippen LogP contribution < -0.4 is 9.80 Å². The summed E-state index contributed by atoms with van der Waals surface area (Å²) in [5, 5.41) is 0. The molecule has 2 aromatic rings. The quantitative estimate of drug-likeness (QED) is 0.845. The first-order valence-corrected chi connectivity index (χ1v) is 8.48. The van der Waals surface area contributed by atoms with Crippen molar-refractivity contribution >= 4 is 11.8 Å². The third-order valence-electron chi connectivity index (χ3n) is 4.17. The Morgan fingerprint density at radius 2 is 1.46 bits per heavy atom. The number of rotatable bonds is 2. The minimum atomic E-state index is -0.0369. The van der Waals surface area contributed by atoms with Crippen LogP contribution in [0, 0.1) is 13.8 Å². The van der Waals surface area contributed by atoms with E-state index in [0.29, 0.717) is 0 Å². The molecule has 0 amide bonds. The minimum Gasteiger partial charge on any atom is -0.353 e. The van der Waals surface area contributed by atoms with Crippen molar-refractivity contribution in [1.82, 2.24) is 19.9 Å². The lowest BCUT2D eigenvalue weighted by Gasteiger charge is -2.35. The molecule has 3 rings (SSSR count). The van der Waals surface area contributed by atoms with Crippen molar-refractivity contribution in [2.45, 2.75) is 40.0 Å². The Bertz CT molecular complexity index is 693. The molecule has 0 aliphatic carbocycles. The van der Waals surface area contributed by atoms with E-state index in [4.69, 9.17) is 4.98 Å². The molecule has 0 N–H and O–H groups in total. The van der Waals surface area contributed by atoms with Gasteiger partial charge in [0.15, 0.2) is 0 Å². The fourth-order valence-corrected chi connectivity index (χ4v) is 2.87. The van der Waals surface area contributed by atoms with Gasteiger partial charge >= 0.3 is 0 Å². The number of hydrogen-bond donors (Lipinski definition) is 0. The average molecular weight is 326 g/mol. The van der Waals surface area contributed by atoms with Crippen LogP contribution in [0.2, 0.25) is 0 Å². The molecule has 6 heteroatoms. The molecule has 0 radical (unpaired) electrons. The van der Waals surface area contributed by atoms with E-state index < -0.39 is 0 Å². The molecule has 1 aliphatic rings. The second-order valence-corrected chi connectivity index (χ2v) is 7.41. The van der Waals surface area contributed by atoms with Crippen molar-refractivity contribution in [3.05, 3.63) is 35.5 Å². The summed E-state index contributed by atoms with van der Waals surface area (Å²) in [6.07, 6.45) is 1.86. The van der Waals surface area contributed by atoms with E-state index in [1.165, 1.54) is 0 Å². The topological polar surface area (TPSA) is 58.0 Å². The van der Waals surface area contributed by atoms with Gasteiger partial charge in [0.1, 0.15) is 11.6 Å². The van der Waals surface area contributed by atoms with Crippen LogP contribution in [0.15, 0.2) is 18.3 Å². The molecular formula is C18H26N6. The lowest BCUT2D eigenvalue weighted by Crippen LogP contribution is -2.47. The van der Waals surface area contributed by atoms with Crippen LogP contribution in [0.1, 0.15) is 38.0 Å². The van der Waals surface area contributed by atoms with E-state index in [1.54, 1.807) is 0 Å². The van der Waals surface area contributed by atoms with E-state index in [2.05, 4.69) is 45.5 Å². The summed E-state index contributed by atoms with van der Waals surface area (Å²) in [6.45, 7) is 14.1. The van der Waals surface area contributed by atoms with Gasteiger partial charge in [0.25, 0.3) is 0 Å². The maximum atomic E-state index is 4.76. The highest BCUT2D eigenvalue weighted by atomic mass is 15.3. The third kappa shape index (κ3) is 3.63. The van der Waals surface area contributed by atoms with Crippen molar-refractivity contribution in [3.63, 3.8) is 0 Å². The normalized spacial score (nSPS) is 15.7.